The molecule has 6 nitrogen and oxygen atoms in total. The maximum atomic E-state index is 11.7. The average Bonchev–Trinajstić information content (AvgIpc) is 2.61. The van der Waals surface area contributed by atoms with Crippen LogP contribution in [0, 0.1) is 0 Å². The van der Waals surface area contributed by atoms with E-state index in [1.807, 2.05) is 0 Å². The number of phenolic OH excluding ortho intramolecular Hbond substituents is 1. The second kappa shape index (κ2) is 4.81. The molecule has 0 saturated carbocycles. The minimum absolute atomic E-state index is 0.0938. The first-order valence-electron chi connectivity index (χ1n) is 5.31. The number of amides is 3. The van der Waals surface area contributed by atoms with Crippen molar-refractivity contribution in [2.45, 2.75) is 0 Å². The van der Waals surface area contributed by atoms with Crippen molar-refractivity contribution in [3.8, 4) is 11.5 Å². The maximum Gasteiger partial charge on any atom is 0.328 e. The number of halogens is 1. The minimum Gasteiger partial charge on any atom is -0.503 e. The number of carbonyl (C=O) groups is 2. The molecule has 2 rings (SSSR count). The standard InChI is InChI=1S/C12H11ClN2O4/c1-15-11(17)8(14-12(15)18)4-6-3-7(13)10(16)9(5-6)19-2/h3-5,16H,1-2H3,(H,14,18)/b8-4+. The highest BCUT2D eigenvalue weighted by Crippen LogP contribution is 2.35. The van der Waals surface area contributed by atoms with Crippen LogP contribution in [0.15, 0.2) is 17.8 Å². The third-order valence-electron chi connectivity index (χ3n) is 2.66. The molecular formula is C12H11ClN2O4. The summed E-state index contributed by atoms with van der Waals surface area (Å²) >= 11 is 5.83. The molecule has 0 bridgehead atoms. The van der Waals surface area contributed by atoms with Crippen LogP contribution in [0.4, 0.5) is 4.79 Å². The fraction of sp³-hybridized carbons (Fsp3) is 0.167. The topological polar surface area (TPSA) is 78.9 Å². The molecule has 0 aromatic heterocycles. The van der Waals surface area contributed by atoms with Gasteiger partial charge in [-0.1, -0.05) is 11.6 Å². The fourth-order valence-electron chi connectivity index (χ4n) is 1.62. The Balaban J connectivity index is 2.42. The smallest absolute Gasteiger partial charge is 0.328 e. The van der Waals surface area contributed by atoms with E-state index in [-0.39, 0.29) is 22.2 Å². The van der Waals surface area contributed by atoms with Gasteiger partial charge in [-0.3, -0.25) is 9.69 Å². The quantitative estimate of drug-likeness (QED) is 0.637. The Morgan fingerprint density at radius 2 is 2.11 bits per heavy atom. The number of urea groups is 1. The zero-order valence-electron chi connectivity index (χ0n) is 10.2. The van der Waals surface area contributed by atoms with E-state index in [0.717, 1.165) is 4.90 Å². The van der Waals surface area contributed by atoms with Gasteiger partial charge in [0.25, 0.3) is 5.91 Å². The molecule has 0 aliphatic carbocycles. The number of methoxy groups -OCH3 is 1. The normalized spacial score (nSPS) is 17.0. The van der Waals surface area contributed by atoms with Crippen LogP contribution in [-0.2, 0) is 4.79 Å². The summed E-state index contributed by atoms with van der Waals surface area (Å²) < 4.78 is 4.95. The van der Waals surface area contributed by atoms with Crippen molar-refractivity contribution in [2.24, 2.45) is 0 Å². The summed E-state index contributed by atoms with van der Waals surface area (Å²) in [5.41, 5.74) is 0.662. The predicted molar refractivity (Wildman–Crippen MR) is 68.9 cm³/mol. The molecule has 1 aliphatic heterocycles. The Kier molecular flexibility index (Phi) is 3.35. The summed E-state index contributed by atoms with van der Waals surface area (Å²) in [4.78, 5) is 23.9. The first-order chi connectivity index (χ1) is 8.93. The SMILES string of the molecule is COc1cc(/C=C2/NC(=O)N(C)C2=O)cc(Cl)c1O. The van der Waals surface area contributed by atoms with E-state index in [9.17, 15) is 14.7 Å². The lowest BCUT2D eigenvalue weighted by Crippen LogP contribution is -2.25. The van der Waals surface area contributed by atoms with Gasteiger partial charge in [0.05, 0.1) is 12.1 Å². The van der Waals surface area contributed by atoms with Gasteiger partial charge in [0.2, 0.25) is 0 Å². The number of aromatic hydroxyl groups is 1. The number of nitrogens with zero attached hydrogens (tertiary/aromatic N) is 1. The lowest BCUT2D eigenvalue weighted by Gasteiger charge is -2.06. The van der Waals surface area contributed by atoms with Crippen molar-refractivity contribution in [1.29, 1.82) is 0 Å². The molecule has 2 N–H and O–H groups in total. The highest BCUT2D eigenvalue weighted by atomic mass is 35.5. The zero-order valence-corrected chi connectivity index (χ0v) is 11.0. The largest absolute Gasteiger partial charge is 0.503 e. The van der Waals surface area contributed by atoms with E-state index in [2.05, 4.69) is 5.32 Å². The molecule has 100 valence electrons. The summed E-state index contributed by atoms with van der Waals surface area (Å²) in [6.45, 7) is 0. The molecule has 7 heteroatoms. The van der Waals surface area contributed by atoms with Crippen LogP contribution < -0.4 is 10.1 Å². The van der Waals surface area contributed by atoms with Crippen molar-refractivity contribution < 1.29 is 19.4 Å². The van der Waals surface area contributed by atoms with Crippen molar-refractivity contribution in [3.63, 3.8) is 0 Å². The maximum absolute atomic E-state index is 11.7. The zero-order chi connectivity index (χ0) is 14.2. The Morgan fingerprint density at radius 1 is 1.42 bits per heavy atom. The number of rotatable bonds is 2. The van der Waals surface area contributed by atoms with Crippen LogP contribution >= 0.6 is 11.6 Å². The van der Waals surface area contributed by atoms with Crippen LogP contribution in [0.1, 0.15) is 5.56 Å². The summed E-state index contributed by atoms with van der Waals surface area (Å²) in [6, 6.07) is 2.48. The molecule has 1 heterocycles. The van der Waals surface area contributed by atoms with Gasteiger partial charge < -0.3 is 15.2 Å². The van der Waals surface area contributed by atoms with Crippen LogP contribution in [0.25, 0.3) is 6.08 Å². The van der Waals surface area contributed by atoms with Crippen LogP contribution in [-0.4, -0.2) is 36.1 Å². The van der Waals surface area contributed by atoms with Gasteiger partial charge in [0, 0.05) is 7.05 Å². The molecule has 0 spiro atoms. The van der Waals surface area contributed by atoms with Gasteiger partial charge in [-0.15, -0.1) is 0 Å². The highest BCUT2D eigenvalue weighted by Gasteiger charge is 2.30. The minimum atomic E-state index is -0.493. The molecule has 1 fully saturated rings. The molecular weight excluding hydrogens is 272 g/mol. The van der Waals surface area contributed by atoms with Gasteiger partial charge in [-0.25, -0.2) is 4.79 Å². The molecule has 1 aliphatic rings. The Bertz CT molecular complexity index is 598. The van der Waals surface area contributed by atoms with E-state index < -0.39 is 11.9 Å². The second-order valence-corrected chi connectivity index (χ2v) is 4.31. The molecule has 0 radical (unpaired) electrons. The third-order valence-corrected chi connectivity index (χ3v) is 2.95. The first-order valence-corrected chi connectivity index (χ1v) is 5.69. The number of nitrogens with one attached hydrogen (secondary N) is 1. The number of phenols is 1. The first kappa shape index (κ1) is 13.2. The summed E-state index contributed by atoms with van der Waals surface area (Å²) in [5, 5.41) is 12.1. The molecule has 1 saturated heterocycles. The Morgan fingerprint density at radius 3 is 2.63 bits per heavy atom. The van der Waals surface area contributed by atoms with Crippen molar-refractivity contribution in [3.05, 3.63) is 28.4 Å². The highest BCUT2D eigenvalue weighted by molar-refractivity contribution is 6.32. The van der Waals surface area contributed by atoms with Gasteiger partial charge in [-0.2, -0.15) is 0 Å². The molecule has 0 atom stereocenters. The molecule has 0 unspecified atom stereocenters. The Labute approximate surface area is 114 Å². The average molecular weight is 283 g/mol. The molecule has 19 heavy (non-hydrogen) atoms. The molecule has 3 amide bonds. The second-order valence-electron chi connectivity index (χ2n) is 3.91. The number of imide groups is 1. The van der Waals surface area contributed by atoms with Crippen molar-refractivity contribution in [2.75, 3.05) is 14.2 Å². The van der Waals surface area contributed by atoms with Crippen molar-refractivity contribution >= 4 is 29.6 Å². The number of carbonyl (C=O) groups excluding carboxylic acids is 2. The number of likely N-dealkylation sites (N-methyl/N-ethyl adjacent to an activating group) is 1. The number of benzene rings is 1. The van der Waals surface area contributed by atoms with Gasteiger partial charge in [-0.05, 0) is 23.8 Å². The van der Waals surface area contributed by atoms with Crippen molar-refractivity contribution in [1.82, 2.24) is 10.2 Å². The van der Waals surface area contributed by atoms with E-state index in [1.165, 1.54) is 32.4 Å². The molecule has 1 aromatic rings. The third kappa shape index (κ3) is 2.34. The van der Waals surface area contributed by atoms with Crippen LogP contribution in [0.5, 0.6) is 11.5 Å². The van der Waals surface area contributed by atoms with Gasteiger partial charge >= 0.3 is 6.03 Å². The van der Waals surface area contributed by atoms with Gasteiger partial charge in [0.1, 0.15) is 5.70 Å². The van der Waals surface area contributed by atoms with E-state index >= 15 is 0 Å². The lowest BCUT2D eigenvalue weighted by atomic mass is 10.1. The van der Waals surface area contributed by atoms with E-state index in [0.29, 0.717) is 5.56 Å². The van der Waals surface area contributed by atoms with Gasteiger partial charge in [0.15, 0.2) is 11.5 Å². The summed E-state index contributed by atoms with van der Waals surface area (Å²) in [5.74, 6) is -0.428. The number of hydrogen-bond donors (Lipinski definition) is 2. The Hall–Kier alpha value is -2.21. The van der Waals surface area contributed by atoms with E-state index in [4.69, 9.17) is 16.3 Å². The monoisotopic (exact) mass is 282 g/mol. The van der Waals surface area contributed by atoms with Crippen LogP contribution in [0.3, 0.4) is 0 Å². The van der Waals surface area contributed by atoms with Crippen LogP contribution in [0.2, 0.25) is 5.02 Å². The fourth-order valence-corrected chi connectivity index (χ4v) is 1.84. The summed E-state index contributed by atoms with van der Waals surface area (Å²) in [7, 11) is 2.77. The number of ether oxygens (including phenoxy) is 1. The molecule has 1 aromatic carbocycles. The van der Waals surface area contributed by atoms with E-state index in [1.54, 1.807) is 0 Å². The lowest BCUT2D eigenvalue weighted by molar-refractivity contribution is -0.121. The summed E-state index contributed by atoms with van der Waals surface area (Å²) in [6.07, 6.45) is 1.46. The predicted octanol–water partition coefficient (Wildman–Crippen LogP) is 1.58. The number of hydrogen-bond acceptors (Lipinski definition) is 4.